The molecule has 1 saturated heterocycles. The summed E-state index contributed by atoms with van der Waals surface area (Å²) in [6.45, 7) is 3.98. The number of nitrogens with zero attached hydrogens (tertiary/aromatic N) is 3. The van der Waals surface area contributed by atoms with E-state index in [1.807, 2.05) is 37.4 Å². The fourth-order valence-corrected chi connectivity index (χ4v) is 11.0. The molecule has 16 nitrogen and oxygen atoms in total. The smallest absolute Gasteiger partial charge is 0.269 e. The van der Waals surface area contributed by atoms with Crippen molar-refractivity contribution in [2.45, 2.75) is 86.3 Å². The van der Waals surface area contributed by atoms with Gasteiger partial charge in [0.25, 0.3) is 21.8 Å². The first-order valence-corrected chi connectivity index (χ1v) is 24.0. The quantitative estimate of drug-likeness (QED) is 0.0836. The summed E-state index contributed by atoms with van der Waals surface area (Å²) in [5.74, 6) is -1.73. The van der Waals surface area contributed by atoms with Crippen molar-refractivity contribution in [3.63, 3.8) is 0 Å². The molecule has 63 heavy (non-hydrogen) atoms. The molecule has 5 N–H and O–H groups in total. The average molecular weight is 913 g/mol. The number of pyridine rings is 1. The van der Waals surface area contributed by atoms with Gasteiger partial charge in [-0.15, -0.1) is 22.7 Å². The molecule has 3 aromatic heterocycles. The van der Waals surface area contributed by atoms with Gasteiger partial charge in [0.15, 0.2) is 5.13 Å². The van der Waals surface area contributed by atoms with E-state index in [0.29, 0.717) is 58.6 Å². The van der Waals surface area contributed by atoms with Crippen LogP contribution >= 0.6 is 22.7 Å². The van der Waals surface area contributed by atoms with Gasteiger partial charge in [0.2, 0.25) is 11.8 Å². The number of anilines is 1. The Hall–Kier alpha value is -5.89. The van der Waals surface area contributed by atoms with Crippen LogP contribution < -0.4 is 35.7 Å². The minimum absolute atomic E-state index is 0.0133. The lowest BCUT2D eigenvalue weighted by Gasteiger charge is -2.30. The van der Waals surface area contributed by atoms with Crippen molar-refractivity contribution in [2.75, 3.05) is 19.0 Å². The number of thiazole rings is 1. The number of hydrogen-bond acceptors (Lipinski definition) is 13. The van der Waals surface area contributed by atoms with Crippen molar-refractivity contribution in [1.82, 2.24) is 35.8 Å². The number of rotatable bonds is 11. The minimum Gasteiger partial charge on any atom is -0.497 e. The highest BCUT2D eigenvalue weighted by Gasteiger charge is 2.61. The summed E-state index contributed by atoms with van der Waals surface area (Å²) in [7, 11) is -2.53. The molecule has 1 aliphatic carbocycles. The number of amides is 4. The van der Waals surface area contributed by atoms with E-state index < -0.39 is 57.4 Å². The van der Waals surface area contributed by atoms with Gasteiger partial charge in [-0.05, 0) is 75.2 Å². The van der Waals surface area contributed by atoms with E-state index in [9.17, 15) is 27.6 Å². The first-order chi connectivity index (χ1) is 30.3. The number of fused-ring (bicyclic) bond motifs is 3. The molecule has 330 valence electrons. The Morgan fingerprint density at radius 2 is 1.81 bits per heavy atom. The topological polar surface area (TPSA) is 210 Å². The Kier molecular flexibility index (Phi) is 12.8. The number of hydrazine groups is 1. The normalized spacial score (nSPS) is 23.2. The number of aromatic nitrogens is 2. The predicted octanol–water partition coefficient (Wildman–Crippen LogP) is 5.41. The molecule has 0 radical (unpaired) electrons. The lowest BCUT2D eigenvalue weighted by Crippen LogP contribution is -2.59. The van der Waals surface area contributed by atoms with Crippen LogP contribution in [0.5, 0.6) is 11.5 Å². The zero-order chi connectivity index (χ0) is 44.3. The third-order valence-corrected chi connectivity index (χ3v) is 14.9. The zero-order valence-corrected chi connectivity index (χ0v) is 37.3. The van der Waals surface area contributed by atoms with Gasteiger partial charge in [-0.1, -0.05) is 42.8 Å². The number of carbonyl (C=O) groups excluding carboxylic acids is 4. The fourth-order valence-electron chi connectivity index (χ4n) is 7.93. The van der Waals surface area contributed by atoms with Crippen LogP contribution in [0.3, 0.4) is 0 Å². The van der Waals surface area contributed by atoms with Gasteiger partial charge in [0, 0.05) is 46.8 Å². The van der Waals surface area contributed by atoms with Gasteiger partial charge >= 0.3 is 0 Å². The number of hydrogen-bond donors (Lipinski definition) is 5. The van der Waals surface area contributed by atoms with Crippen molar-refractivity contribution in [3.05, 3.63) is 95.2 Å². The number of nitrogens with one attached hydrogen (secondary N) is 5. The molecule has 5 aromatic rings. The Labute approximate surface area is 372 Å². The van der Waals surface area contributed by atoms with Crippen molar-refractivity contribution in [3.8, 4) is 22.9 Å². The monoisotopic (exact) mass is 912 g/mol. The molecule has 4 amide bonds. The molecular formula is C44H48N8O8S3. The van der Waals surface area contributed by atoms with E-state index in [2.05, 4.69) is 26.2 Å². The number of ether oxygens (including phenoxy) is 2. The second kappa shape index (κ2) is 18.4. The molecule has 8 rings (SSSR count). The summed E-state index contributed by atoms with van der Waals surface area (Å²) in [6.07, 6.45) is 5.24. The van der Waals surface area contributed by atoms with E-state index in [1.165, 1.54) is 22.3 Å². The van der Waals surface area contributed by atoms with Gasteiger partial charge in [0.1, 0.15) is 45.1 Å². The standard InChI is InChI=1S/C44H48N8O8S3/c1-26(2)45-43-47-35(25-62-43)34-22-37(31-18-17-29(59-3)20-33(31)46-34)60-30-21-36-40(54)48-44(42(56)50-49-39(53)27-12-7-6-8-13-27)23-28(44)14-9-4-5-10-15-32(41(55)52(36)24-30)51-63(57,58)38-16-11-19-61-38/h6-9,11-14,16-20,22,25-26,28,30,32,36,51H,4-5,10,15,21,23-24H2,1-3H3,(H,45,47)(H,48,54)(H,49,53)(H,50,56)/b14-9-/t28-,30-,32+,36+,44-/m1/s1. The number of allylic oxidation sites excluding steroid dienone is 1. The molecule has 3 aliphatic rings. The number of benzene rings is 2. The highest BCUT2D eigenvalue weighted by Crippen LogP contribution is 2.46. The van der Waals surface area contributed by atoms with Crippen molar-refractivity contribution < 1.29 is 37.1 Å². The Morgan fingerprint density at radius 3 is 2.57 bits per heavy atom. The van der Waals surface area contributed by atoms with Crippen molar-refractivity contribution >= 4 is 72.4 Å². The minimum atomic E-state index is -4.09. The highest BCUT2D eigenvalue weighted by molar-refractivity contribution is 7.91. The molecule has 5 heterocycles. The predicted molar refractivity (Wildman–Crippen MR) is 240 cm³/mol. The number of sulfonamides is 1. The third kappa shape index (κ3) is 9.70. The maximum Gasteiger partial charge on any atom is 0.269 e. The zero-order valence-electron chi connectivity index (χ0n) is 34.8. The molecule has 0 spiro atoms. The lowest BCUT2D eigenvalue weighted by atomic mass is 10.0. The Balaban J connectivity index is 1.12. The number of methoxy groups -OCH3 is 1. The molecule has 0 unspecified atom stereocenters. The summed E-state index contributed by atoms with van der Waals surface area (Å²) in [5.41, 5.74) is 5.60. The van der Waals surface area contributed by atoms with Crippen LogP contribution in [0.1, 0.15) is 62.7 Å². The van der Waals surface area contributed by atoms with Gasteiger partial charge < -0.3 is 25.0 Å². The van der Waals surface area contributed by atoms with Gasteiger partial charge in [-0.3, -0.25) is 30.0 Å². The fraction of sp³-hybridized carbons (Fsp3) is 0.364. The number of carbonyl (C=O) groups is 4. The largest absolute Gasteiger partial charge is 0.497 e. The lowest BCUT2D eigenvalue weighted by molar-refractivity contribution is -0.141. The van der Waals surface area contributed by atoms with E-state index in [-0.39, 0.29) is 42.0 Å². The summed E-state index contributed by atoms with van der Waals surface area (Å²) in [4.78, 5) is 67.3. The second-order valence-electron chi connectivity index (χ2n) is 16.1. The molecule has 2 fully saturated rings. The summed E-state index contributed by atoms with van der Waals surface area (Å²) in [6, 6.07) is 16.5. The number of thiophene rings is 1. The van der Waals surface area contributed by atoms with Crippen LogP contribution in [0.4, 0.5) is 5.13 Å². The van der Waals surface area contributed by atoms with Crippen molar-refractivity contribution in [1.29, 1.82) is 0 Å². The van der Waals surface area contributed by atoms with E-state index in [4.69, 9.17) is 19.4 Å². The van der Waals surface area contributed by atoms with Gasteiger partial charge in [0.05, 0.1) is 24.9 Å². The molecule has 0 bridgehead atoms. The average Bonchev–Trinajstić information content (AvgIpc) is 3.76. The van der Waals surface area contributed by atoms with Crippen LogP contribution in [0.15, 0.2) is 93.9 Å². The molecule has 1 saturated carbocycles. The Bertz CT molecular complexity index is 2640. The third-order valence-electron chi connectivity index (χ3n) is 11.2. The van der Waals surface area contributed by atoms with Crippen molar-refractivity contribution in [2.24, 2.45) is 5.92 Å². The van der Waals surface area contributed by atoms with Gasteiger partial charge in [-0.25, -0.2) is 18.4 Å². The molecule has 19 heteroatoms. The van der Waals surface area contributed by atoms with Crippen LogP contribution in [0.25, 0.3) is 22.3 Å². The van der Waals surface area contributed by atoms with Crippen LogP contribution in [0.2, 0.25) is 0 Å². The van der Waals surface area contributed by atoms with Crippen LogP contribution in [-0.4, -0.2) is 90.3 Å². The maximum absolute atomic E-state index is 14.8. The molecule has 2 aliphatic heterocycles. The first-order valence-electron chi connectivity index (χ1n) is 20.7. The second-order valence-corrected chi connectivity index (χ2v) is 19.8. The van der Waals surface area contributed by atoms with E-state index >= 15 is 0 Å². The summed E-state index contributed by atoms with van der Waals surface area (Å²) in [5, 5.41) is 11.2. The molecule has 2 aromatic carbocycles. The van der Waals surface area contributed by atoms with Crippen LogP contribution in [0, 0.1) is 5.92 Å². The van der Waals surface area contributed by atoms with E-state index in [0.717, 1.165) is 16.5 Å². The van der Waals surface area contributed by atoms with Crippen LogP contribution in [-0.2, 0) is 24.4 Å². The first kappa shape index (κ1) is 43.7. The molecule has 5 atom stereocenters. The summed E-state index contributed by atoms with van der Waals surface area (Å²) >= 11 is 2.48. The Morgan fingerprint density at radius 1 is 0.984 bits per heavy atom. The SMILES string of the molecule is COc1ccc2c(O[C@@H]3C[C@H]4C(=O)N[C@]5(C(=O)NNC(=O)c6ccccc6)C[C@H]5/C=C\CCCC[C@H](NS(=O)(=O)c5cccs5)C(=O)N4C3)cc(-c3csc(NC(C)C)n3)nc2c1. The van der Waals surface area contributed by atoms with E-state index in [1.54, 1.807) is 67.1 Å². The highest BCUT2D eigenvalue weighted by atomic mass is 32.2. The van der Waals surface area contributed by atoms with Gasteiger partial charge in [-0.2, -0.15) is 4.72 Å². The summed E-state index contributed by atoms with van der Waals surface area (Å²) < 4.78 is 42.2. The molecular weight excluding hydrogens is 865 g/mol. The maximum atomic E-state index is 14.8.